The van der Waals surface area contributed by atoms with Gasteiger partial charge in [-0.25, -0.2) is 4.98 Å². The third-order valence-corrected chi connectivity index (χ3v) is 9.14. The molecule has 0 aliphatic heterocycles. The van der Waals surface area contributed by atoms with Crippen LogP contribution in [0.1, 0.15) is 5.56 Å². The quantitative estimate of drug-likeness (QED) is 0.192. The van der Waals surface area contributed by atoms with Gasteiger partial charge in [0.1, 0.15) is 22.3 Å². The predicted molar refractivity (Wildman–Crippen MR) is 185 cm³/mol. The number of fused-ring (bicyclic) bond motifs is 12. The maximum absolute atomic E-state index is 6.29. The molecule has 4 heteroatoms. The summed E-state index contributed by atoms with van der Waals surface area (Å²) in [5, 5.41) is 9.02. The highest BCUT2D eigenvalue weighted by Crippen LogP contribution is 2.39. The van der Waals surface area contributed by atoms with E-state index in [0.29, 0.717) is 0 Å². The first kappa shape index (κ1) is 24.4. The summed E-state index contributed by atoms with van der Waals surface area (Å²) in [5.74, 6) is 0. The summed E-state index contributed by atoms with van der Waals surface area (Å²) in [6.07, 6.45) is 1.90. The van der Waals surface area contributed by atoms with Crippen molar-refractivity contribution in [3.05, 3.63) is 133 Å². The fraction of sp³-hybridized carbons (Fsp3) is 0.0244. The van der Waals surface area contributed by atoms with Gasteiger partial charge >= 0.3 is 0 Å². The van der Waals surface area contributed by atoms with E-state index >= 15 is 0 Å². The minimum Gasteiger partial charge on any atom is -0.456 e. The molecule has 3 heterocycles. The molecule has 0 aliphatic rings. The van der Waals surface area contributed by atoms with Crippen molar-refractivity contribution < 1.29 is 8.83 Å². The Labute approximate surface area is 257 Å². The summed E-state index contributed by atoms with van der Waals surface area (Å²) >= 11 is 0. The van der Waals surface area contributed by atoms with Gasteiger partial charge in [-0.3, -0.25) is 4.98 Å². The van der Waals surface area contributed by atoms with Crippen LogP contribution in [-0.4, -0.2) is 9.97 Å². The molecule has 0 radical (unpaired) electrons. The van der Waals surface area contributed by atoms with Crippen molar-refractivity contribution in [1.29, 1.82) is 0 Å². The zero-order chi connectivity index (χ0) is 29.6. The van der Waals surface area contributed by atoms with Crippen molar-refractivity contribution in [2.24, 2.45) is 0 Å². The van der Waals surface area contributed by atoms with Gasteiger partial charge in [-0.05, 0) is 65.2 Å². The van der Waals surface area contributed by atoms with Gasteiger partial charge in [0.2, 0.25) is 0 Å². The Hall–Kier alpha value is -6.00. The molecule has 7 aromatic carbocycles. The lowest BCUT2D eigenvalue weighted by Crippen LogP contribution is -1.92. The highest BCUT2D eigenvalue weighted by molar-refractivity contribution is 6.23. The molecule has 0 saturated carbocycles. The van der Waals surface area contributed by atoms with Gasteiger partial charge in [-0.15, -0.1) is 0 Å². The van der Waals surface area contributed by atoms with Gasteiger partial charge in [0.05, 0.1) is 22.9 Å². The van der Waals surface area contributed by atoms with E-state index in [9.17, 15) is 0 Å². The zero-order valence-electron chi connectivity index (χ0n) is 24.3. The average molecular weight is 577 g/mol. The Kier molecular flexibility index (Phi) is 4.89. The summed E-state index contributed by atoms with van der Waals surface area (Å²) in [5.41, 5.74) is 10.6. The Balaban J connectivity index is 1.12. The number of nitrogens with zero attached hydrogens (tertiary/aromatic N) is 2. The van der Waals surface area contributed by atoms with Crippen LogP contribution < -0.4 is 0 Å². The van der Waals surface area contributed by atoms with Gasteiger partial charge < -0.3 is 8.83 Å². The van der Waals surface area contributed by atoms with Gasteiger partial charge in [-0.2, -0.15) is 0 Å². The van der Waals surface area contributed by atoms with Crippen LogP contribution in [0.25, 0.3) is 98.8 Å². The molecule has 10 aromatic rings. The van der Waals surface area contributed by atoms with Crippen LogP contribution >= 0.6 is 0 Å². The maximum atomic E-state index is 6.29. The monoisotopic (exact) mass is 576 g/mol. The van der Waals surface area contributed by atoms with E-state index in [2.05, 4.69) is 116 Å². The fourth-order valence-electron chi connectivity index (χ4n) is 6.96. The van der Waals surface area contributed by atoms with E-state index in [0.717, 1.165) is 88.1 Å². The molecule has 0 spiro atoms. The highest BCUT2D eigenvalue weighted by Gasteiger charge is 2.16. The average Bonchev–Trinajstić information content (AvgIpc) is 3.63. The normalized spacial score (nSPS) is 12.1. The number of hydrogen-bond acceptors (Lipinski definition) is 4. The number of rotatable bonds is 2. The molecule has 0 bridgehead atoms. The van der Waals surface area contributed by atoms with Crippen molar-refractivity contribution in [2.45, 2.75) is 6.92 Å². The second-order valence-corrected chi connectivity index (χ2v) is 11.9. The van der Waals surface area contributed by atoms with E-state index in [1.807, 2.05) is 18.3 Å². The lowest BCUT2D eigenvalue weighted by Gasteiger charge is -2.11. The van der Waals surface area contributed by atoms with Gasteiger partial charge in [0, 0.05) is 43.9 Å². The fourth-order valence-corrected chi connectivity index (χ4v) is 6.96. The van der Waals surface area contributed by atoms with Crippen LogP contribution in [0.2, 0.25) is 0 Å². The molecule has 0 amide bonds. The second kappa shape index (κ2) is 9.01. The molecule has 0 N–H and O–H groups in total. The lowest BCUT2D eigenvalue weighted by atomic mass is 9.98. The van der Waals surface area contributed by atoms with Crippen LogP contribution in [0.3, 0.4) is 0 Å². The van der Waals surface area contributed by atoms with E-state index < -0.39 is 0 Å². The van der Waals surface area contributed by atoms with Gasteiger partial charge in [-0.1, -0.05) is 84.4 Å². The largest absolute Gasteiger partial charge is 0.456 e. The third kappa shape index (κ3) is 3.60. The van der Waals surface area contributed by atoms with Crippen molar-refractivity contribution >= 4 is 76.5 Å². The van der Waals surface area contributed by atoms with Crippen LogP contribution in [0, 0.1) is 6.92 Å². The number of benzene rings is 7. The summed E-state index contributed by atoms with van der Waals surface area (Å²) in [4.78, 5) is 10.2. The zero-order valence-corrected chi connectivity index (χ0v) is 24.3. The summed E-state index contributed by atoms with van der Waals surface area (Å²) in [6, 6.07) is 42.4. The molecule has 0 unspecified atom stereocenters. The summed E-state index contributed by atoms with van der Waals surface area (Å²) < 4.78 is 12.5. The van der Waals surface area contributed by atoms with Crippen LogP contribution in [0.4, 0.5) is 0 Å². The first-order valence-corrected chi connectivity index (χ1v) is 15.1. The summed E-state index contributed by atoms with van der Waals surface area (Å²) in [7, 11) is 0. The van der Waals surface area contributed by atoms with E-state index in [4.69, 9.17) is 18.8 Å². The van der Waals surface area contributed by atoms with E-state index in [-0.39, 0.29) is 0 Å². The molecule has 3 aromatic heterocycles. The molecule has 10 rings (SSSR count). The molecule has 4 nitrogen and oxygen atoms in total. The number of aryl methyl sites for hydroxylation is 1. The van der Waals surface area contributed by atoms with Crippen LogP contribution in [0.15, 0.2) is 136 Å². The predicted octanol–water partition coefficient (Wildman–Crippen LogP) is 11.4. The summed E-state index contributed by atoms with van der Waals surface area (Å²) in [6.45, 7) is 2.11. The van der Waals surface area contributed by atoms with Crippen LogP contribution in [-0.2, 0) is 0 Å². The van der Waals surface area contributed by atoms with Crippen LogP contribution in [0.5, 0.6) is 0 Å². The minimum absolute atomic E-state index is 0.824. The lowest BCUT2D eigenvalue weighted by molar-refractivity contribution is 0.656. The number of furan rings is 2. The van der Waals surface area contributed by atoms with Gasteiger partial charge in [0.25, 0.3) is 0 Å². The maximum Gasteiger partial charge on any atom is 0.139 e. The molecular weight excluding hydrogens is 552 g/mol. The minimum atomic E-state index is 0.824. The number of aromatic nitrogens is 2. The first-order chi connectivity index (χ1) is 22.2. The van der Waals surface area contributed by atoms with E-state index in [1.54, 1.807) is 0 Å². The van der Waals surface area contributed by atoms with Gasteiger partial charge in [0.15, 0.2) is 0 Å². The Morgan fingerprint density at radius 2 is 1.02 bits per heavy atom. The first-order valence-electron chi connectivity index (χ1n) is 15.1. The molecular formula is C41H24N2O2. The standard InChI is InChI=1S/C41H24N2O2/c1-23-13-15-36-31(17-23)33-20-34-32-19-25(14-16-37(32)45-39(34)21-38(33)44-36)24-7-6-8-26(18-24)35-22-42-40-29-11-4-2-9-27(29)28-10-3-5-12-30(28)41(40)43-35/h2-22H,1H3. The molecule has 0 atom stereocenters. The Morgan fingerprint density at radius 1 is 0.422 bits per heavy atom. The molecule has 0 fully saturated rings. The SMILES string of the molecule is Cc1ccc2oc3cc4oc5ccc(-c6cccc(-c7cnc8c9ccccc9c9ccccc9c8n7)c6)cc5c4cc3c2c1. The van der Waals surface area contributed by atoms with Crippen molar-refractivity contribution in [1.82, 2.24) is 9.97 Å². The van der Waals surface area contributed by atoms with Crippen molar-refractivity contribution in [3.8, 4) is 22.4 Å². The molecule has 45 heavy (non-hydrogen) atoms. The topological polar surface area (TPSA) is 52.1 Å². The molecule has 0 aliphatic carbocycles. The number of hydrogen-bond donors (Lipinski definition) is 0. The third-order valence-electron chi connectivity index (χ3n) is 9.14. The molecule has 210 valence electrons. The van der Waals surface area contributed by atoms with Crippen molar-refractivity contribution in [3.63, 3.8) is 0 Å². The van der Waals surface area contributed by atoms with Crippen molar-refractivity contribution in [2.75, 3.05) is 0 Å². The smallest absolute Gasteiger partial charge is 0.139 e. The molecule has 0 saturated heterocycles. The Morgan fingerprint density at radius 3 is 1.78 bits per heavy atom. The van der Waals surface area contributed by atoms with E-state index in [1.165, 1.54) is 16.3 Å². The Bertz CT molecular complexity index is 2800. The highest BCUT2D eigenvalue weighted by atomic mass is 16.3. The second-order valence-electron chi connectivity index (χ2n) is 11.9.